The summed E-state index contributed by atoms with van der Waals surface area (Å²) in [4.78, 5) is 11.0. The molecule has 0 aliphatic heterocycles. The van der Waals surface area contributed by atoms with Gasteiger partial charge in [-0.1, -0.05) is 0 Å². The van der Waals surface area contributed by atoms with Gasteiger partial charge in [0.25, 0.3) is 0 Å². The van der Waals surface area contributed by atoms with Crippen LogP contribution < -0.4 is 0 Å². The van der Waals surface area contributed by atoms with E-state index in [0.717, 1.165) is 0 Å². The molecule has 0 saturated heterocycles. The number of ketones is 1. The van der Waals surface area contributed by atoms with Gasteiger partial charge < -0.3 is 0 Å². The number of nitrogens with zero attached hydrogens (tertiary/aromatic N) is 3. The van der Waals surface area contributed by atoms with Crippen LogP contribution in [0, 0.1) is 11.3 Å². The maximum atomic E-state index is 11.5. The molecule has 0 radical (unpaired) electrons. The average molecular weight is 326 g/mol. The van der Waals surface area contributed by atoms with E-state index in [1.165, 1.54) is 0 Å². The Bertz CT molecular complexity index is 427. The van der Waals surface area contributed by atoms with Crippen LogP contribution in [0.1, 0.15) is 53.9 Å². The van der Waals surface area contributed by atoms with Crippen molar-refractivity contribution in [2.75, 3.05) is 0 Å². The van der Waals surface area contributed by atoms with E-state index in [1.807, 2.05) is 20.8 Å². The number of carbonyl (C=O) groups excluding carboxylic acids is 1. The van der Waals surface area contributed by atoms with Crippen molar-refractivity contribution in [1.82, 2.24) is 0 Å². The molecule has 117 valence electrons. The molecule has 6 heteroatoms. The van der Waals surface area contributed by atoms with Gasteiger partial charge in [0.2, 0.25) is 0 Å². The molecule has 5 nitrogen and oxygen atoms in total. The Hall–Kier alpha value is -0.934. The summed E-state index contributed by atoms with van der Waals surface area (Å²) >= 11 is -1.23. The molecule has 0 fully saturated rings. The molecule has 0 bridgehead atoms. The zero-order valence-corrected chi connectivity index (χ0v) is 14.1. The van der Waals surface area contributed by atoms with Crippen LogP contribution in [0.4, 0.5) is 0 Å². The van der Waals surface area contributed by atoms with Crippen LogP contribution in [-0.4, -0.2) is 16.9 Å². The van der Waals surface area contributed by atoms with Gasteiger partial charge in [0.1, 0.15) is 0 Å². The Kier molecular flexibility index (Phi) is 7.98. The second kappa shape index (κ2) is 8.37. The van der Waals surface area contributed by atoms with E-state index in [2.05, 4.69) is 16.3 Å². The van der Waals surface area contributed by atoms with Crippen LogP contribution in [0.2, 0.25) is 10.7 Å². The van der Waals surface area contributed by atoms with Crippen molar-refractivity contribution in [1.29, 1.82) is 5.26 Å². The third-order valence-corrected chi connectivity index (χ3v) is 4.55. The second-order valence-electron chi connectivity index (χ2n) is 5.61. The van der Waals surface area contributed by atoms with Gasteiger partial charge >= 0.3 is 125 Å². The zero-order valence-electron chi connectivity index (χ0n) is 13.0. The topological polar surface area (TPSA) is 82.7 Å². The predicted molar refractivity (Wildman–Crippen MR) is 73.5 cm³/mol. The zero-order chi connectivity index (χ0) is 15.8. The van der Waals surface area contributed by atoms with E-state index >= 15 is 0 Å². The number of azo groups is 1. The molecule has 20 heavy (non-hydrogen) atoms. The Morgan fingerprint density at radius 3 is 2.30 bits per heavy atom. The molecule has 0 aliphatic rings. The van der Waals surface area contributed by atoms with Crippen molar-refractivity contribution in [2.24, 2.45) is 10.2 Å². The summed E-state index contributed by atoms with van der Waals surface area (Å²) in [6.07, 6.45) is 1.51. The predicted octanol–water partition coefficient (Wildman–Crippen LogP) is 4.08. The van der Waals surface area contributed by atoms with E-state index < -0.39 is 24.7 Å². The molecule has 0 N–H and O–H groups in total. The first-order valence-electron chi connectivity index (χ1n) is 6.70. The molecule has 0 heterocycles. The molecule has 0 amide bonds. The molecule has 0 aliphatic carbocycles. The van der Waals surface area contributed by atoms with Crippen LogP contribution >= 0.6 is 0 Å². The Balaban J connectivity index is 4.67. The van der Waals surface area contributed by atoms with Gasteiger partial charge in [-0.25, -0.2) is 0 Å². The van der Waals surface area contributed by atoms with Gasteiger partial charge in [0, 0.05) is 0 Å². The molecular formula is C14H25CoN3O2. The standard InChI is InChI=1S/C12H20N3O.C2H5.Co.O/c1-6-12(5,9-13)15-14-11(3,4)8-7-10(2)16;1-2;;/h1,6-8H2,2-5H3;1H2,2H3;;. The second-order valence-corrected chi connectivity index (χ2v) is 7.99. The average Bonchev–Trinajstić information content (AvgIpc) is 2.40. The molecule has 1 atom stereocenters. The van der Waals surface area contributed by atoms with Crippen molar-refractivity contribution >= 4 is 5.78 Å². The van der Waals surface area contributed by atoms with Crippen LogP contribution in [-0.2, 0) is 22.2 Å². The number of rotatable bonds is 9. The normalized spacial score (nSPS) is 15.7. The van der Waals surface area contributed by atoms with Gasteiger partial charge in [-0.15, -0.1) is 0 Å². The summed E-state index contributed by atoms with van der Waals surface area (Å²) in [7, 11) is 0. The maximum absolute atomic E-state index is 11.5. The van der Waals surface area contributed by atoms with E-state index in [0.29, 0.717) is 30.0 Å². The number of Topliss-reactive ketones (excluding diaryl/α,β-unsaturated/α-hetero) is 1. The number of carbonyl (C=O) groups is 1. The molecule has 0 saturated carbocycles. The third kappa shape index (κ3) is 8.28. The summed E-state index contributed by atoms with van der Waals surface area (Å²) in [5.41, 5.74) is -1.40. The molecule has 0 aromatic heterocycles. The van der Waals surface area contributed by atoms with E-state index in [9.17, 15) is 13.9 Å². The van der Waals surface area contributed by atoms with Gasteiger partial charge in [-0.3, -0.25) is 0 Å². The van der Waals surface area contributed by atoms with Crippen LogP contribution in [0.15, 0.2) is 10.2 Å². The first kappa shape index (κ1) is 19.1. The summed E-state index contributed by atoms with van der Waals surface area (Å²) in [5.74, 6) is 0.121. The van der Waals surface area contributed by atoms with Crippen molar-refractivity contribution in [3.63, 3.8) is 0 Å². The van der Waals surface area contributed by atoms with E-state index in [-0.39, 0.29) is 5.78 Å². The first-order chi connectivity index (χ1) is 9.14. The van der Waals surface area contributed by atoms with Crippen molar-refractivity contribution in [3.05, 3.63) is 0 Å². The van der Waals surface area contributed by atoms with Gasteiger partial charge in [-0.2, -0.15) is 0 Å². The summed E-state index contributed by atoms with van der Waals surface area (Å²) in [6.45, 7) is 8.91. The molecular weight excluding hydrogens is 301 g/mol. The minimum atomic E-state index is -1.23. The monoisotopic (exact) mass is 326 g/mol. The summed E-state index contributed by atoms with van der Waals surface area (Å²) < 4.78 is 11.5. The minimum absolute atomic E-state index is 0.121. The SMILES string of the molecule is C[CH2][Co](=[O])[CH2]CC(C)(C#N)N=NC(C)(C)CCC(C)=O. The molecule has 0 aromatic rings. The van der Waals surface area contributed by atoms with Crippen molar-refractivity contribution in [3.8, 4) is 6.07 Å². The van der Waals surface area contributed by atoms with Crippen molar-refractivity contribution in [2.45, 2.75) is 75.7 Å². The quantitative estimate of drug-likeness (QED) is 0.599. The Morgan fingerprint density at radius 2 is 1.85 bits per heavy atom. The first-order valence-corrected chi connectivity index (χ1v) is 8.60. The van der Waals surface area contributed by atoms with Crippen molar-refractivity contribution < 1.29 is 22.2 Å². The Labute approximate surface area is 125 Å². The van der Waals surface area contributed by atoms with Gasteiger partial charge in [0.15, 0.2) is 0 Å². The number of nitriles is 1. The Morgan fingerprint density at radius 1 is 1.25 bits per heavy atom. The van der Waals surface area contributed by atoms with Gasteiger partial charge in [0.05, 0.1) is 0 Å². The van der Waals surface area contributed by atoms with Gasteiger partial charge in [-0.05, 0) is 0 Å². The van der Waals surface area contributed by atoms with E-state index in [4.69, 9.17) is 0 Å². The molecule has 1 unspecified atom stereocenters. The fourth-order valence-electron chi connectivity index (χ4n) is 1.28. The van der Waals surface area contributed by atoms with Crippen LogP contribution in [0.25, 0.3) is 0 Å². The summed E-state index contributed by atoms with van der Waals surface area (Å²) in [5, 5.41) is 18.7. The summed E-state index contributed by atoms with van der Waals surface area (Å²) in [6, 6.07) is 2.14. The number of hydrogen-bond donors (Lipinski definition) is 0. The van der Waals surface area contributed by atoms with E-state index in [1.54, 1.807) is 13.8 Å². The number of hydrogen-bond acceptors (Lipinski definition) is 5. The third-order valence-electron chi connectivity index (χ3n) is 2.89. The fourth-order valence-corrected chi connectivity index (χ4v) is 2.44. The molecule has 0 spiro atoms. The molecule has 0 aromatic carbocycles. The fraction of sp³-hybridized carbons (Fsp3) is 0.857. The van der Waals surface area contributed by atoms with Crippen LogP contribution in [0.3, 0.4) is 0 Å². The molecule has 0 rings (SSSR count). The van der Waals surface area contributed by atoms with Crippen LogP contribution in [0.5, 0.6) is 0 Å².